The number of carbonyl (C=O) groups is 1. The van der Waals surface area contributed by atoms with Crippen molar-refractivity contribution in [3.05, 3.63) is 0 Å². The zero-order valence-electron chi connectivity index (χ0n) is 9.53. The van der Waals surface area contributed by atoms with Crippen molar-refractivity contribution in [3.8, 4) is 0 Å². The van der Waals surface area contributed by atoms with E-state index in [1.165, 1.54) is 0 Å². The van der Waals surface area contributed by atoms with Gasteiger partial charge in [0.2, 0.25) is 0 Å². The number of amides is 1. The van der Waals surface area contributed by atoms with Gasteiger partial charge in [-0.25, -0.2) is 4.99 Å². The van der Waals surface area contributed by atoms with E-state index in [2.05, 4.69) is 26.2 Å². The van der Waals surface area contributed by atoms with E-state index in [0.29, 0.717) is 6.54 Å². The van der Waals surface area contributed by atoms with E-state index in [9.17, 15) is 4.79 Å². The molecule has 0 saturated carbocycles. The van der Waals surface area contributed by atoms with Crippen LogP contribution in [0.2, 0.25) is 0 Å². The van der Waals surface area contributed by atoms with Crippen molar-refractivity contribution in [2.75, 3.05) is 27.2 Å². The van der Waals surface area contributed by atoms with Gasteiger partial charge in [-0.05, 0) is 34.0 Å². The van der Waals surface area contributed by atoms with Crippen LogP contribution in [-0.4, -0.2) is 56.1 Å². The summed E-state index contributed by atoms with van der Waals surface area (Å²) < 4.78 is 0. The fourth-order valence-corrected chi connectivity index (χ4v) is 1.72. The third kappa shape index (κ3) is 3.23. The molecule has 15 heavy (non-hydrogen) atoms. The largest absolute Gasteiger partial charge is 0.304 e. The van der Waals surface area contributed by atoms with Crippen LogP contribution >= 0.6 is 0 Å². The molecule has 84 valence electrons. The molecule has 0 aromatic heterocycles. The third-order valence-corrected chi connectivity index (χ3v) is 2.51. The zero-order chi connectivity index (χ0) is 11.3. The molecule has 1 saturated heterocycles. The lowest BCUT2D eigenvalue weighted by molar-refractivity contribution is -0.120. The first-order chi connectivity index (χ1) is 7.16. The molecule has 1 aliphatic rings. The quantitative estimate of drug-likeness (QED) is 0.667. The molecular weight excluding hydrogens is 192 g/mol. The first-order valence-corrected chi connectivity index (χ1v) is 5.22. The van der Waals surface area contributed by atoms with Crippen molar-refractivity contribution in [3.63, 3.8) is 0 Å². The maximum absolute atomic E-state index is 11.7. The van der Waals surface area contributed by atoms with Gasteiger partial charge in [0.25, 0.3) is 5.91 Å². The third-order valence-electron chi connectivity index (χ3n) is 2.51. The van der Waals surface area contributed by atoms with Crippen molar-refractivity contribution >= 4 is 11.9 Å². The van der Waals surface area contributed by atoms with Gasteiger partial charge in [-0.1, -0.05) is 0 Å². The van der Waals surface area contributed by atoms with Crippen LogP contribution in [0.25, 0.3) is 0 Å². The summed E-state index contributed by atoms with van der Waals surface area (Å²) in [7, 11) is 3.95. The Hall–Kier alpha value is -1.03. The minimum absolute atomic E-state index is 0.177. The maximum atomic E-state index is 11.7. The molecule has 2 atom stereocenters. The van der Waals surface area contributed by atoms with Crippen LogP contribution in [0.4, 0.5) is 0 Å². The summed E-state index contributed by atoms with van der Waals surface area (Å²) in [6, 6.07) is 2.43. The summed E-state index contributed by atoms with van der Waals surface area (Å²) in [5, 5.41) is 3.15. The maximum Gasteiger partial charge on any atom is 0.273 e. The van der Waals surface area contributed by atoms with Crippen LogP contribution in [0, 0.1) is 0 Å². The second-order valence-corrected chi connectivity index (χ2v) is 3.78. The minimum Gasteiger partial charge on any atom is -0.304 e. The molecule has 5 heteroatoms. The van der Waals surface area contributed by atoms with Crippen molar-refractivity contribution in [1.82, 2.24) is 10.2 Å². The SMILES string of the molecule is CCN=C=NC(=O)[C@@H]1NCCC1N(C)C. The van der Waals surface area contributed by atoms with E-state index in [0.717, 1.165) is 13.0 Å². The van der Waals surface area contributed by atoms with Crippen LogP contribution < -0.4 is 5.32 Å². The lowest BCUT2D eigenvalue weighted by atomic mass is 10.1. The molecule has 1 unspecified atom stereocenters. The molecule has 0 aromatic carbocycles. The predicted octanol–water partition coefficient (Wildman–Crippen LogP) is -0.00110. The Balaban J connectivity index is 2.62. The van der Waals surface area contributed by atoms with Gasteiger partial charge in [0.15, 0.2) is 0 Å². The van der Waals surface area contributed by atoms with E-state index in [1.807, 2.05) is 21.0 Å². The number of likely N-dealkylation sites (N-methyl/N-ethyl adjacent to an activating group) is 1. The van der Waals surface area contributed by atoms with Gasteiger partial charge in [-0.3, -0.25) is 4.79 Å². The fourth-order valence-electron chi connectivity index (χ4n) is 1.72. The smallest absolute Gasteiger partial charge is 0.273 e. The number of nitrogens with one attached hydrogen (secondary N) is 1. The lowest BCUT2D eigenvalue weighted by Crippen LogP contribution is -2.44. The number of nitrogens with zero attached hydrogens (tertiary/aromatic N) is 3. The summed E-state index contributed by atoms with van der Waals surface area (Å²) in [5.74, 6) is -0.177. The van der Waals surface area contributed by atoms with Gasteiger partial charge < -0.3 is 10.2 Å². The summed E-state index contributed by atoms with van der Waals surface area (Å²) in [5.41, 5.74) is 0. The minimum atomic E-state index is -0.209. The fraction of sp³-hybridized carbons (Fsp3) is 0.800. The normalized spacial score (nSPS) is 25.1. The molecule has 1 aliphatic heterocycles. The Bertz CT molecular complexity index is 281. The summed E-state index contributed by atoms with van der Waals surface area (Å²) >= 11 is 0. The first kappa shape index (κ1) is 12.0. The van der Waals surface area contributed by atoms with E-state index in [4.69, 9.17) is 0 Å². The number of rotatable bonds is 3. The van der Waals surface area contributed by atoms with E-state index in [-0.39, 0.29) is 18.0 Å². The highest BCUT2D eigenvalue weighted by atomic mass is 16.1. The van der Waals surface area contributed by atoms with Gasteiger partial charge in [-0.15, -0.1) is 4.99 Å². The summed E-state index contributed by atoms with van der Waals surface area (Å²) in [6.07, 6.45) is 0.976. The van der Waals surface area contributed by atoms with E-state index >= 15 is 0 Å². The molecule has 1 fully saturated rings. The zero-order valence-corrected chi connectivity index (χ0v) is 9.53. The Kier molecular flexibility index (Phi) is 4.62. The number of aliphatic imine (C=N–C) groups is 2. The van der Waals surface area contributed by atoms with Crippen LogP contribution in [-0.2, 0) is 4.79 Å². The van der Waals surface area contributed by atoms with Gasteiger partial charge >= 0.3 is 0 Å². The summed E-state index contributed by atoms with van der Waals surface area (Å²) in [4.78, 5) is 21.2. The van der Waals surface area contributed by atoms with Crippen LogP contribution in [0.5, 0.6) is 0 Å². The van der Waals surface area contributed by atoms with Crippen molar-refractivity contribution in [1.29, 1.82) is 0 Å². The number of hydrogen-bond donors (Lipinski definition) is 1. The van der Waals surface area contributed by atoms with Crippen molar-refractivity contribution in [2.24, 2.45) is 9.98 Å². The topological polar surface area (TPSA) is 57.1 Å². The van der Waals surface area contributed by atoms with Gasteiger partial charge in [0.05, 0.1) is 6.01 Å². The van der Waals surface area contributed by atoms with Crippen LogP contribution in [0.1, 0.15) is 13.3 Å². The average Bonchev–Trinajstić information content (AvgIpc) is 2.66. The molecular formula is C10H18N4O. The number of hydrogen-bond acceptors (Lipinski definition) is 4. The monoisotopic (exact) mass is 210 g/mol. The molecule has 1 rings (SSSR count). The highest BCUT2D eigenvalue weighted by molar-refractivity contribution is 5.87. The Labute approximate surface area is 90.3 Å². The second-order valence-electron chi connectivity index (χ2n) is 3.78. The van der Waals surface area contributed by atoms with Gasteiger partial charge in [-0.2, -0.15) is 0 Å². The average molecular weight is 210 g/mol. The number of carbonyl (C=O) groups excluding carboxylic acids is 1. The van der Waals surface area contributed by atoms with Crippen molar-refractivity contribution < 1.29 is 4.79 Å². The highest BCUT2D eigenvalue weighted by Crippen LogP contribution is 2.12. The first-order valence-electron chi connectivity index (χ1n) is 5.22. The molecule has 0 bridgehead atoms. The molecule has 0 spiro atoms. The highest BCUT2D eigenvalue weighted by Gasteiger charge is 2.33. The second kappa shape index (κ2) is 5.75. The standard InChI is InChI=1S/C10H18N4O/c1-4-11-7-13-10(15)9-8(14(2)3)5-6-12-9/h8-9,12H,4-6H2,1-3H3/t8?,9-/m1/s1. The van der Waals surface area contributed by atoms with Gasteiger partial charge in [0.1, 0.15) is 6.04 Å². The molecule has 1 heterocycles. The van der Waals surface area contributed by atoms with Gasteiger partial charge in [0, 0.05) is 12.6 Å². The van der Waals surface area contributed by atoms with Crippen molar-refractivity contribution in [2.45, 2.75) is 25.4 Å². The Morgan fingerprint density at radius 2 is 2.33 bits per heavy atom. The summed E-state index contributed by atoms with van der Waals surface area (Å²) in [6.45, 7) is 3.34. The molecule has 1 N–H and O–H groups in total. The Morgan fingerprint density at radius 1 is 1.60 bits per heavy atom. The molecule has 0 radical (unpaired) electrons. The van der Waals surface area contributed by atoms with E-state index < -0.39 is 0 Å². The Morgan fingerprint density at radius 3 is 2.93 bits per heavy atom. The van der Waals surface area contributed by atoms with Crippen LogP contribution in [0.15, 0.2) is 9.98 Å². The lowest BCUT2D eigenvalue weighted by Gasteiger charge is -2.22. The molecule has 0 aliphatic carbocycles. The predicted molar refractivity (Wildman–Crippen MR) is 59.3 cm³/mol. The molecule has 0 aromatic rings. The molecule has 1 amide bonds. The molecule has 5 nitrogen and oxygen atoms in total. The van der Waals surface area contributed by atoms with Crippen LogP contribution in [0.3, 0.4) is 0 Å². The van der Waals surface area contributed by atoms with E-state index in [1.54, 1.807) is 0 Å².